The molecule has 1 atom stereocenters. The molecule has 0 spiro atoms. The van der Waals surface area contributed by atoms with Gasteiger partial charge in [0, 0.05) is 32.7 Å². The number of halogens is 1. The van der Waals surface area contributed by atoms with Crippen LogP contribution in [0.15, 0.2) is 59.6 Å². The molecule has 0 aromatic heterocycles. The van der Waals surface area contributed by atoms with Crippen molar-refractivity contribution in [1.82, 2.24) is 15.5 Å². The van der Waals surface area contributed by atoms with Gasteiger partial charge in [0.05, 0.1) is 25.4 Å². The van der Waals surface area contributed by atoms with Gasteiger partial charge in [0.25, 0.3) is 0 Å². The van der Waals surface area contributed by atoms with Crippen molar-refractivity contribution in [2.24, 2.45) is 4.99 Å². The van der Waals surface area contributed by atoms with Crippen molar-refractivity contribution in [1.29, 1.82) is 0 Å². The monoisotopic (exact) mass is 568 g/mol. The van der Waals surface area contributed by atoms with E-state index in [0.29, 0.717) is 32.2 Å². The number of hydrogen-bond acceptors (Lipinski definition) is 5. The van der Waals surface area contributed by atoms with Crippen molar-refractivity contribution in [2.45, 2.75) is 32.6 Å². The Hall–Kier alpha value is -1.88. The Morgan fingerprint density at radius 2 is 1.73 bits per heavy atom. The molecule has 0 saturated carbocycles. The summed E-state index contributed by atoms with van der Waals surface area (Å²) in [5.74, 6) is 1.54. The summed E-state index contributed by atoms with van der Waals surface area (Å²) in [6.45, 7) is 9.82. The van der Waals surface area contributed by atoms with E-state index in [1.54, 1.807) is 0 Å². The molecule has 182 valence electrons. The molecule has 1 aliphatic rings. The fourth-order valence-corrected chi connectivity index (χ4v) is 3.61. The van der Waals surface area contributed by atoms with Gasteiger partial charge in [0.1, 0.15) is 12.4 Å². The Labute approximate surface area is 214 Å². The lowest BCUT2D eigenvalue weighted by atomic mass is 10.1. The number of hydrogen-bond donors (Lipinski definition) is 3. The predicted octanol–water partition coefficient (Wildman–Crippen LogP) is 3.02. The van der Waals surface area contributed by atoms with Crippen molar-refractivity contribution in [3.05, 3.63) is 65.7 Å². The molecule has 7 nitrogen and oxygen atoms in total. The van der Waals surface area contributed by atoms with Gasteiger partial charge < -0.3 is 25.2 Å². The van der Waals surface area contributed by atoms with Crippen molar-refractivity contribution >= 4 is 29.9 Å². The van der Waals surface area contributed by atoms with Crippen molar-refractivity contribution < 1.29 is 14.6 Å². The third kappa shape index (κ3) is 9.87. The zero-order valence-corrected chi connectivity index (χ0v) is 22.0. The number of para-hydroxylation sites is 1. The molecule has 0 aliphatic carbocycles. The average Bonchev–Trinajstić information content (AvgIpc) is 2.81. The van der Waals surface area contributed by atoms with E-state index in [2.05, 4.69) is 27.7 Å². The van der Waals surface area contributed by atoms with Crippen LogP contribution in [0.25, 0.3) is 0 Å². The maximum atomic E-state index is 10.8. The molecule has 2 aromatic carbocycles. The second-order valence-corrected chi connectivity index (χ2v) is 8.30. The quantitative estimate of drug-likeness (QED) is 0.233. The van der Waals surface area contributed by atoms with Gasteiger partial charge in [-0.3, -0.25) is 4.90 Å². The third-order valence-electron chi connectivity index (χ3n) is 5.31. The van der Waals surface area contributed by atoms with Gasteiger partial charge in [-0.2, -0.15) is 0 Å². The molecule has 0 radical (unpaired) electrons. The average molecular weight is 569 g/mol. The standard InChI is InChI=1S/C25H36N4O3.HI/c1-3-26-24(28-19-25(2,30)20-29-13-15-31-16-14-29)27-17-21-9-7-8-10-22(21)18-32-23-11-5-4-6-12-23;/h4-12,30H,3,13-20H2,1-2H3,(H2,26,27,28);1H. The van der Waals surface area contributed by atoms with Crippen LogP contribution in [0.4, 0.5) is 0 Å². The van der Waals surface area contributed by atoms with Crippen molar-refractivity contribution in [3.8, 4) is 5.75 Å². The fourth-order valence-electron chi connectivity index (χ4n) is 3.61. The highest BCUT2D eigenvalue weighted by atomic mass is 127. The van der Waals surface area contributed by atoms with Gasteiger partial charge >= 0.3 is 0 Å². The molecule has 1 saturated heterocycles. The van der Waals surface area contributed by atoms with E-state index in [-0.39, 0.29) is 24.0 Å². The molecule has 1 heterocycles. The maximum absolute atomic E-state index is 10.8. The number of nitrogens with zero attached hydrogens (tertiary/aromatic N) is 2. The highest BCUT2D eigenvalue weighted by Crippen LogP contribution is 2.15. The summed E-state index contributed by atoms with van der Waals surface area (Å²) in [7, 11) is 0. The summed E-state index contributed by atoms with van der Waals surface area (Å²) in [5, 5.41) is 17.4. The largest absolute Gasteiger partial charge is 0.489 e. The summed E-state index contributed by atoms with van der Waals surface area (Å²) < 4.78 is 11.3. The molecule has 1 aliphatic heterocycles. The van der Waals surface area contributed by atoms with E-state index >= 15 is 0 Å². The molecule has 0 bridgehead atoms. The first kappa shape index (κ1) is 27.4. The van der Waals surface area contributed by atoms with E-state index in [1.807, 2.05) is 56.3 Å². The third-order valence-corrected chi connectivity index (χ3v) is 5.31. The number of morpholine rings is 1. The Morgan fingerprint density at radius 1 is 1.06 bits per heavy atom. The van der Waals surface area contributed by atoms with Gasteiger partial charge in [-0.05, 0) is 37.1 Å². The lowest BCUT2D eigenvalue weighted by Crippen LogP contribution is -2.52. The van der Waals surface area contributed by atoms with E-state index in [0.717, 1.165) is 49.7 Å². The normalized spacial score (nSPS) is 16.4. The van der Waals surface area contributed by atoms with E-state index < -0.39 is 5.60 Å². The first-order valence-electron chi connectivity index (χ1n) is 11.3. The molecule has 3 rings (SSSR count). The van der Waals surface area contributed by atoms with Crippen LogP contribution >= 0.6 is 24.0 Å². The number of ether oxygens (including phenoxy) is 2. The Morgan fingerprint density at radius 3 is 2.42 bits per heavy atom. The molecule has 8 heteroatoms. The molecular formula is C25H37IN4O3. The molecule has 33 heavy (non-hydrogen) atoms. The molecule has 0 amide bonds. The maximum Gasteiger partial charge on any atom is 0.191 e. The van der Waals surface area contributed by atoms with Gasteiger partial charge in [0.2, 0.25) is 0 Å². The van der Waals surface area contributed by atoms with E-state index in [4.69, 9.17) is 14.5 Å². The van der Waals surface area contributed by atoms with Crippen LogP contribution in [0.5, 0.6) is 5.75 Å². The molecule has 1 fully saturated rings. The van der Waals surface area contributed by atoms with Crippen LogP contribution in [0, 0.1) is 0 Å². The SMILES string of the molecule is CCNC(=NCc1ccccc1COc1ccccc1)NCC(C)(O)CN1CCOCC1.I. The molecule has 2 aromatic rings. The Kier molecular flexibility index (Phi) is 11.9. The van der Waals surface area contributed by atoms with Gasteiger partial charge in [0.15, 0.2) is 5.96 Å². The van der Waals surface area contributed by atoms with Crippen LogP contribution in [-0.4, -0.2) is 67.5 Å². The lowest BCUT2D eigenvalue weighted by molar-refractivity contribution is -0.0201. The summed E-state index contributed by atoms with van der Waals surface area (Å²) in [5.41, 5.74) is 1.35. The van der Waals surface area contributed by atoms with E-state index in [1.165, 1.54) is 0 Å². The zero-order chi connectivity index (χ0) is 22.7. The van der Waals surface area contributed by atoms with Crippen LogP contribution < -0.4 is 15.4 Å². The van der Waals surface area contributed by atoms with Crippen molar-refractivity contribution in [2.75, 3.05) is 45.9 Å². The summed E-state index contributed by atoms with van der Waals surface area (Å²) >= 11 is 0. The number of β-amino-alcohol motifs (C(OH)–C–C–N with tert-alkyl or cyclic N) is 1. The fraction of sp³-hybridized carbons (Fsp3) is 0.480. The smallest absolute Gasteiger partial charge is 0.191 e. The van der Waals surface area contributed by atoms with E-state index in [9.17, 15) is 5.11 Å². The number of benzene rings is 2. The summed E-state index contributed by atoms with van der Waals surface area (Å²) in [6.07, 6.45) is 0. The minimum absolute atomic E-state index is 0. The highest BCUT2D eigenvalue weighted by molar-refractivity contribution is 14.0. The number of aliphatic imine (C=N–C) groups is 1. The minimum Gasteiger partial charge on any atom is -0.489 e. The van der Waals surface area contributed by atoms with Crippen molar-refractivity contribution in [3.63, 3.8) is 0 Å². The predicted molar refractivity (Wildman–Crippen MR) is 143 cm³/mol. The van der Waals surface area contributed by atoms with Crippen LogP contribution in [0.2, 0.25) is 0 Å². The van der Waals surface area contributed by atoms with Gasteiger partial charge in [-0.15, -0.1) is 24.0 Å². The molecule has 1 unspecified atom stereocenters. The number of nitrogens with one attached hydrogen (secondary N) is 2. The first-order chi connectivity index (χ1) is 15.6. The number of guanidine groups is 1. The van der Waals surface area contributed by atoms with Crippen LogP contribution in [0.1, 0.15) is 25.0 Å². The molecule has 3 N–H and O–H groups in total. The Bertz CT molecular complexity index is 843. The van der Waals surface area contributed by atoms with Gasteiger partial charge in [-0.1, -0.05) is 42.5 Å². The highest BCUT2D eigenvalue weighted by Gasteiger charge is 2.25. The van der Waals surface area contributed by atoms with Crippen LogP contribution in [-0.2, 0) is 17.9 Å². The summed E-state index contributed by atoms with van der Waals surface area (Å²) in [4.78, 5) is 6.98. The molecular weight excluding hydrogens is 531 g/mol. The number of aliphatic hydroxyl groups is 1. The van der Waals surface area contributed by atoms with Crippen LogP contribution in [0.3, 0.4) is 0 Å². The first-order valence-corrected chi connectivity index (χ1v) is 11.3. The summed E-state index contributed by atoms with van der Waals surface area (Å²) in [6, 6.07) is 18.0. The second kappa shape index (κ2) is 14.4. The number of rotatable bonds is 10. The topological polar surface area (TPSA) is 78.4 Å². The zero-order valence-electron chi connectivity index (χ0n) is 19.6. The second-order valence-electron chi connectivity index (χ2n) is 8.30. The minimum atomic E-state index is -0.866. The lowest BCUT2D eigenvalue weighted by Gasteiger charge is -2.34. The van der Waals surface area contributed by atoms with Gasteiger partial charge in [-0.25, -0.2) is 4.99 Å². The Balaban J connectivity index is 0.00000385.